The normalized spacial score (nSPS) is 29.9. The highest BCUT2D eigenvalue weighted by molar-refractivity contribution is 5.20. The van der Waals surface area contributed by atoms with E-state index in [1.54, 1.807) is 0 Å². The van der Waals surface area contributed by atoms with Crippen LogP contribution in [-0.4, -0.2) is 35.6 Å². The molecule has 3 fully saturated rings. The molecular weight excluding hydrogens is 269 g/mol. The molecule has 3 aliphatic rings. The number of nitrogens with zero attached hydrogens (tertiary/aromatic N) is 2. The van der Waals surface area contributed by atoms with Crippen LogP contribution in [-0.2, 0) is 6.18 Å². The van der Waals surface area contributed by atoms with Gasteiger partial charge in [0.25, 0.3) is 0 Å². The fraction of sp³-hybridized carbons (Fsp3) is 0.643. The van der Waals surface area contributed by atoms with Crippen molar-refractivity contribution in [3.63, 3.8) is 0 Å². The Morgan fingerprint density at radius 2 is 2.05 bits per heavy atom. The lowest BCUT2D eigenvalue weighted by Gasteiger charge is -2.52. The van der Waals surface area contributed by atoms with Gasteiger partial charge in [0.05, 0.1) is 5.56 Å². The van der Waals surface area contributed by atoms with Gasteiger partial charge in [-0.05, 0) is 38.3 Å². The Bertz CT molecular complexity index is 468. The van der Waals surface area contributed by atoms with Crippen LogP contribution in [0.15, 0.2) is 18.3 Å². The first-order valence-corrected chi connectivity index (χ1v) is 6.81. The van der Waals surface area contributed by atoms with Crippen molar-refractivity contribution in [3.05, 3.63) is 23.9 Å². The maximum absolute atomic E-state index is 12.4. The highest BCUT2D eigenvalue weighted by Gasteiger charge is 2.42. The Kier molecular flexibility index (Phi) is 3.36. The number of piperidine rings is 2. The van der Waals surface area contributed by atoms with Gasteiger partial charge in [0.1, 0.15) is 6.61 Å². The molecule has 3 heterocycles. The first-order valence-electron chi connectivity index (χ1n) is 6.81. The van der Waals surface area contributed by atoms with Crippen LogP contribution in [0.5, 0.6) is 5.88 Å². The zero-order chi connectivity index (χ0) is 14.3. The van der Waals surface area contributed by atoms with Crippen molar-refractivity contribution in [1.29, 1.82) is 0 Å². The van der Waals surface area contributed by atoms with Crippen LogP contribution in [0.1, 0.15) is 24.8 Å². The first kappa shape index (κ1) is 13.7. The van der Waals surface area contributed by atoms with Gasteiger partial charge >= 0.3 is 6.18 Å². The molecule has 0 radical (unpaired) electrons. The SMILES string of the molecule is CN1C(COc2ccc(C(F)(F)F)cn2)CC2CC1C2. The smallest absolute Gasteiger partial charge is 0.417 e. The monoisotopic (exact) mass is 286 g/mol. The maximum Gasteiger partial charge on any atom is 0.417 e. The molecule has 2 saturated heterocycles. The zero-order valence-electron chi connectivity index (χ0n) is 11.2. The van der Waals surface area contributed by atoms with Crippen molar-refractivity contribution in [2.24, 2.45) is 5.92 Å². The van der Waals surface area contributed by atoms with E-state index in [-0.39, 0.29) is 5.88 Å². The van der Waals surface area contributed by atoms with E-state index in [0.717, 1.165) is 24.6 Å². The number of aromatic nitrogens is 1. The number of hydrogen-bond donors (Lipinski definition) is 0. The second kappa shape index (κ2) is 4.91. The summed E-state index contributed by atoms with van der Waals surface area (Å²) in [6.45, 7) is 0.488. The number of fused-ring (bicyclic) bond motifs is 2. The van der Waals surface area contributed by atoms with Crippen LogP contribution in [0, 0.1) is 5.92 Å². The molecule has 1 aliphatic carbocycles. The van der Waals surface area contributed by atoms with E-state index in [4.69, 9.17) is 4.74 Å². The Labute approximate surface area is 115 Å². The summed E-state index contributed by atoms with van der Waals surface area (Å²) in [6, 6.07) is 3.29. The molecule has 0 aromatic carbocycles. The van der Waals surface area contributed by atoms with Crippen molar-refractivity contribution in [2.75, 3.05) is 13.7 Å². The average Bonchev–Trinajstić information content (AvgIpc) is 2.35. The van der Waals surface area contributed by atoms with E-state index in [1.165, 1.54) is 18.9 Å². The fourth-order valence-corrected chi connectivity index (χ4v) is 3.08. The molecule has 110 valence electrons. The third kappa shape index (κ3) is 2.61. The Morgan fingerprint density at radius 3 is 2.60 bits per heavy atom. The minimum Gasteiger partial charge on any atom is -0.476 e. The van der Waals surface area contributed by atoms with Crippen molar-refractivity contribution >= 4 is 0 Å². The van der Waals surface area contributed by atoms with Crippen molar-refractivity contribution in [2.45, 2.75) is 37.5 Å². The van der Waals surface area contributed by atoms with Gasteiger partial charge in [-0.25, -0.2) is 4.98 Å². The third-order valence-electron chi connectivity index (χ3n) is 4.46. The Balaban J connectivity index is 1.56. The van der Waals surface area contributed by atoms with Gasteiger partial charge in [-0.15, -0.1) is 0 Å². The lowest BCUT2D eigenvalue weighted by atomic mass is 9.71. The molecular formula is C14H17F3N2O. The van der Waals surface area contributed by atoms with E-state index in [2.05, 4.69) is 16.9 Å². The van der Waals surface area contributed by atoms with E-state index < -0.39 is 11.7 Å². The number of rotatable bonds is 3. The van der Waals surface area contributed by atoms with Gasteiger partial charge in [-0.2, -0.15) is 13.2 Å². The summed E-state index contributed by atoms with van der Waals surface area (Å²) >= 11 is 0. The molecule has 1 aromatic rings. The molecule has 0 N–H and O–H groups in total. The van der Waals surface area contributed by atoms with Crippen molar-refractivity contribution in [3.8, 4) is 5.88 Å². The van der Waals surface area contributed by atoms with Crippen LogP contribution < -0.4 is 4.74 Å². The summed E-state index contributed by atoms with van der Waals surface area (Å²) in [4.78, 5) is 6.05. The van der Waals surface area contributed by atoms with Crippen LogP contribution in [0.2, 0.25) is 0 Å². The van der Waals surface area contributed by atoms with E-state index in [9.17, 15) is 13.2 Å². The lowest BCUT2D eigenvalue weighted by Crippen LogP contribution is -2.56. The second-order valence-electron chi connectivity index (χ2n) is 5.74. The number of pyridine rings is 1. The summed E-state index contributed by atoms with van der Waals surface area (Å²) in [6.07, 6.45) is 0.110. The standard InChI is InChI=1S/C14H17F3N2O/c1-19-11-4-9(5-11)6-12(19)8-20-13-3-2-10(7-18-13)14(15,16)17/h2-3,7,9,11-12H,4-6,8H2,1H3. The van der Waals surface area contributed by atoms with E-state index >= 15 is 0 Å². The van der Waals surface area contributed by atoms with Gasteiger partial charge in [0, 0.05) is 24.3 Å². The number of hydrogen-bond acceptors (Lipinski definition) is 3. The predicted molar refractivity (Wildman–Crippen MR) is 67.4 cm³/mol. The van der Waals surface area contributed by atoms with Crippen LogP contribution in [0.25, 0.3) is 0 Å². The molecule has 1 aromatic heterocycles. The van der Waals surface area contributed by atoms with Gasteiger partial charge in [0.15, 0.2) is 0 Å². The first-order chi connectivity index (χ1) is 9.43. The predicted octanol–water partition coefficient (Wildman–Crippen LogP) is 2.96. The molecule has 1 atom stereocenters. The number of ether oxygens (including phenoxy) is 1. The topological polar surface area (TPSA) is 25.4 Å². The number of halogens is 3. The minimum atomic E-state index is -4.35. The van der Waals surface area contributed by atoms with Gasteiger partial charge in [-0.3, -0.25) is 4.90 Å². The quantitative estimate of drug-likeness (QED) is 0.854. The average molecular weight is 286 g/mol. The van der Waals surface area contributed by atoms with Gasteiger partial charge < -0.3 is 4.74 Å². The summed E-state index contributed by atoms with van der Waals surface area (Å²) in [5, 5.41) is 0. The second-order valence-corrected chi connectivity index (χ2v) is 5.74. The molecule has 20 heavy (non-hydrogen) atoms. The Hall–Kier alpha value is -1.30. The molecule has 6 heteroatoms. The fourth-order valence-electron chi connectivity index (χ4n) is 3.08. The number of alkyl halides is 3. The van der Waals surface area contributed by atoms with Crippen LogP contribution in [0.4, 0.5) is 13.2 Å². The maximum atomic E-state index is 12.4. The van der Waals surface area contributed by atoms with Crippen LogP contribution >= 0.6 is 0 Å². The molecule has 1 saturated carbocycles. The molecule has 4 rings (SSSR count). The van der Waals surface area contributed by atoms with E-state index in [1.807, 2.05) is 0 Å². The highest BCUT2D eigenvalue weighted by Crippen LogP contribution is 2.41. The van der Waals surface area contributed by atoms with E-state index in [0.29, 0.717) is 18.7 Å². The summed E-state index contributed by atoms with van der Waals surface area (Å²) in [7, 11) is 2.09. The van der Waals surface area contributed by atoms with Gasteiger partial charge in [-0.1, -0.05) is 0 Å². The van der Waals surface area contributed by atoms with Crippen molar-refractivity contribution < 1.29 is 17.9 Å². The molecule has 1 unspecified atom stereocenters. The lowest BCUT2D eigenvalue weighted by molar-refractivity contribution is -0.137. The molecule has 0 spiro atoms. The zero-order valence-corrected chi connectivity index (χ0v) is 11.2. The number of likely N-dealkylation sites (N-methyl/N-ethyl adjacent to an activating group) is 1. The summed E-state index contributed by atoms with van der Waals surface area (Å²) < 4.78 is 42.8. The third-order valence-corrected chi connectivity index (χ3v) is 4.46. The van der Waals surface area contributed by atoms with Crippen LogP contribution in [0.3, 0.4) is 0 Å². The van der Waals surface area contributed by atoms with Gasteiger partial charge in [0.2, 0.25) is 5.88 Å². The molecule has 2 bridgehead atoms. The largest absolute Gasteiger partial charge is 0.476 e. The van der Waals surface area contributed by atoms with Crippen molar-refractivity contribution in [1.82, 2.24) is 9.88 Å². The highest BCUT2D eigenvalue weighted by atomic mass is 19.4. The molecule has 3 nitrogen and oxygen atoms in total. The molecule has 0 amide bonds. The summed E-state index contributed by atoms with van der Waals surface area (Å²) in [5.41, 5.74) is -0.749. The molecule has 2 aliphatic heterocycles. The Morgan fingerprint density at radius 1 is 1.30 bits per heavy atom. The summed E-state index contributed by atoms with van der Waals surface area (Å²) in [5.74, 6) is 1.05. The minimum absolute atomic E-state index is 0.255.